The first-order valence-corrected chi connectivity index (χ1v) is 5.22. The van der Waals surface area contributed by atoms with Gasteiger partial charge in [-0.3, -0.25) is 4.79 Å². The summed E-state index contributed by atoms with van der Waals surface area (Å²) in [5.74, 6) is 0.272. The van der Waals surface area contributed by atoms with E-state index in [-0.39, 0.29) is 11.8 Å². The Labute approximate surface area is 80.2 Å². The Kier molecular flexibility index (Phi) is 4.16. The predicted molar refractivity (Wildman–Crippen MR) is 54.4 cm³/mol. The lowest BCUT2D eigenvalue weighted by Gasteiger charge is -2.13. The molecule has 0 heterocycles. The normalized spacial score (nSPS) is 19.4. The molecule has 0 radical (unpaired) electrons. The van der Waals surface area contributed by atoms with Crippen molar-refractivity contribution in [2.24, 2.45) is 5.73 Å². The van der Waals surface area contributed by atoms with E-state index in [0.717, 1.165) is 24.8 Å². The second-order valence-corrected chi connectivity index (χ2v) is 3.77. The van der Waals surface area contributed by atoms with Crippen LogP contribution in [-0.2, 0) is 4.79 Å². The van der Waals surface area contributed by atoms with Gasteiger partial charge in [0.15, 0.2) is 5.78 Å². The third-order valence-corrected chi connectivity index (χ3v) is 2.62. The molecular formula is C11H19NO. The summed E-state index contributed by atoms with van der Waals surface area (Å²) in [7, 11) is 0. The SMILES string of the molecule is CCC(N)CC(=O)C1=CCCCC1. The number of ketones is 1. The van der Waals surface area contributed by atoms with Crippen molar-refractivity contribution >= 4 is 5.78 Å². The molecule has 2 heteroatoms. The maximum atomic E-state index is 11.6. The Balaban J connectivity index is 2.42. The largest absolute Gasteiger partial charge is 0.327 e. The highest BCUT2D eigenvalue weighted by Gasteiger charge is 2.14. The molecule has 2 nitrogen and oxygen atoms in total. The zero-order valence-electron chi connectivity index (χ0n) is 8.38. The van der Waals surface area contributed by atoms with Crippen LogP contribution in [0.15, 0.2) is 11.6 Å². The molecule has 0 saturated carbocycles. The first-order chi connectivity index (χ1) is 6.24. The van der Waals surface area contributed by atoms with E-state index in [4.69, 9.17) is 5.73 Å². The molecule has 0 bridgehead atoms. The van der Waals surface area contributed by atoms with Crippen LogP contribution < -0.4 is 5.73 Å². The van der Waals surface area contributed by atoms with Gasteiger partial charge in [0, 0.05) is 12.5 Å². The minimum Gasteiger partial charge on any atom is -0.327 e. The number of carbonyl (C=O) groups is 1. The van der Waals surface area contributed by atoms with Crippen LogP contribution in [0.3, 0.4) is 0 Å². The first-order valence-electron chi connectivity index (χ1n) is 5.22. The van der Waals surface area contributed by atoms with E-state index < -0.39 is 0 Å². The van der Waals surface area contributed by atoms with E-state index in [1.807, 2.05) is 6.92 Å². The summed E-state index contributed by atoms with van der Waals surface area (Å²) >= 11 is 0. The van der Waals surface area contributed by atoms with Crippen molar-refractivity contribution in [3.05, 3.63) is 11.6 Å². The molecule has 0 amide bonds. The lowest BCUT2D eigenvalue weighted by atomic mass is 9.93. The highest BCUT2D eigenvalue weighted by atomic mass is 16.1. The average Bonchev–Trinajstić information content (AvgIpc) is 2.19. The maximum absolute atomic E-state index is 11.6. The van der Waals surface area contributed by atoms with Crippen molar-refractivity contribution in [1.29, 1.82) is 0 Å². The molecule has 0 fully saturated rings. The fourth-order valence-electron chi connectivity index (χ4n) is 1.60. The lowest BCUT2D eigenvalue weighted by Crippen LogP contribution is -2.23. The van der Waals surface area contributed by atoms with E-state index in [1.165, 1.54) is 12.8 Å². The van der Waals surface area contributed by atoms with Gasteiger partial charge in [0.05, 0.1) is 0 Å². The number of hydrogen-bond donors (Lipinski definition) is 1. The van der Waals surface area contributed by atoms with Crippen LogP contribution in [0.1, 0.15) is 45.4 Å². The average molecular weight is 181 g/mol. The van der Waals surface area contributed by atoms with Crippen molar-refractivity contribution in [3.63, 3.8) is 0 Å². The topological polar surface area (TPSA) is 43.1 Å². The Morgan fingerprint density at radius 3 is 2.92 bits per heavy atom. The molecule has 74 valence electrons. The molecule has 2 N–H and O–H groups in total. The van der Waals surface area contributed by atoms with Gasteiger partial charge < -0.3 is 5.73 Å². The summed E-state index contributed by atoms with van der Waals surface area (Å²) in [4.78, 5) is 11.6. The van der Waals surface area contributed by atoms with E-state index in [0.29, 0.717) is 6.42 Å². The third kappa shape index (κ3) is 3.31. The third-order valence-electron chi connectivity index (χ3n) is 2.62. The highest BCUT2D eigenvalue weighted by Crippen LogP contribution is 2.19. The van der Waals surface area contributed by atoms with Crippen LogP contribution >= 0.6 is 0 Å². The van der Waals surface area contributed by atoms with Crippen molar-refractivity contribution in [2.45, 2.75) is 51.5 Å². The van der Waals surface area contributed by atoms with E-state index in [9.17, 15) is 4.79 Å². The standard InChI is InChI=1S/C11H19NO/c1-2-10(12)8-11(13)9-6-4-3-5-7-9/h6,10H,2-5,7-8,12H2,1H3. The highest BCUT2D eigenvalue weighted by molar-refractivity contribution is 5.95. The monoisotopic (exact) mass is 181 g/mol. The Morgan fingerprint density at radius 1 is 1.62 bits per heavy atom. The number of Topliss-reactive ketones (excluding diaryl/α,β-unsaturated/α-hetero) is 1. The van der Waals surface area contributed by atoms with Gasteiger partial charge in [-0.25, -0.2) is 0 Å². The smallest absolute Gasteiger partial charge is 0.160 e. The molecule has 13 heavy (non-hydrogen) atoms. The summed E-state index contributed by atoms with van der Waals surface area (Å²) in [6.07, 6.45) is 7.95. The van der Waals surface area contributed by atoms with Crippen LogP contribution in [0.5, 0.6) is 0 Å². The van der Waals surface area contributed by atoms with E-state index in [2.05, 4.69) is 6.08 Å². The molecule has 0 spiro atoms. The summed E-state index contributed by atoms with van der Waals surface area (Å²) < 4.78 is 0. The van der Waals surface area contributed by atoms with E-state index >= 15 is 0 Å². The van der Waals surface area contributed by atoms with Gasteiger partial charge in [-0.1, -0.05) is 13.0 Å². The number of carbonyl (C=O) groups excluding carboxylic acids is 1. The lowest BCUT2D eigenvalue weighted by molar-refractivity contribution is -0.116. The quantitative estimate of drug-likeness (QED) is 0.722. The van der Waals surface area contributed by atoms with Crippen molar-refractivity contribution < 1.29 is 4.79 Å². The number of rotatable bonds is 4. The zero-order chi connectivity index (χ0) is 9.68. The molecule has 1 unspecified atom stereocenters. The van der Waals surface area contributed by atoms with Crippen LogP contribution in [0, 0.1) is 0 Å². The summed E-state index contributed by atoms with van der Waals surface area (Å²) in [5, 5.41) is 0. The molecule has 0 saturated heterocycles. The van der Waals surface area contributed by atoms with Crippen molar-refractivity contribution in [1.82, 2.24) is 0 Å². The summed E-state index contributed by atoms with van der Waals surface area (Å²) in [6, 6.07) is 0.0512. The molecule has 0 aromatic heterocycles. The fourth-order valence-corrected chi connectivity index (χ4v) is 1.60. The van der Waals surface area contributed by atoms with Crippen LogP contribution in [-0.4, -0.2) is 11.8 Å². The molecule has 0 aliphatic heterocycles. The van der Waals surface area contributed by atoms with Gasteiger partial charge in [0.25, 0.3) is 0 Å². The number of allylic oxidation sites excluding steroid dienone is 2. The van der Waals surface area contributed by atoms with Gasteiger partial charge in [0.2, 0.25) is 0 Å². The summed E-state index contributed by atoms with van der Waals surface area (Å²) in [6.45, 7) is 2.02. The fraction of sp³-hybridized carbons (Fsp3) is 0.727. The van der Waals surface area contributed by atoms with Gasteiger partial charge in [-0.2, -0.15) is 0 Å². The first kappa shape index (κ1) is 10.5. The predicted octanol–water partition coefficient (Wildman–Crippen LogP) is 2.18. The second kappa shape index (κ2) is 5.18. The van der Waals surface area contributed by atoms with Gasteiger partial charge in [0.1, 0.15) is 0 Å². The second-order valence-electron chi connectivity index (χ2n) is 3.77. The van der Waals surface area contributed by atoms with Gasteiger partial charge >= 0.3 is 0 Å². The van der Waals surface area contributed by atoms with Gasteiger partial charge in [-0.15, -0.1) is 0 Å². The Bertz CT molecular complexity index is 208. The van der Waals surface area contributed by atoms with Crippen LogP contribution in [0.25, 0.3) is 0 Å². The molecular weight excluding hydrogens is 162 g/mol. The van der Waals surface area contributed by atoms with Crippen LogP contribution in [0.4, 0.5) is 0 Å². The Morgan fingerprint density at radius 2 is 2.38 bits per heavy atom. The molecule has 0 aromatic carbocycles. The maximum Gasteiger partial charge on any atom is 0.160 e. The molecule has 1 aliphatic rings. The van der Waals surface area contributed by atoms with Gasteiger partial charge in [-0.05, 0) is 37.7 Å². The number of nitrogens with two attached hydrogens (primary N) is 1. The van der Waals surface area contributed by atoms with Crippen molar-refractivity contribution in [2.75, 3.05) is 0 Å². The number of hydrogen-bond acceptors (Lipinski definition) is 2. The van der Waals surface area contributed by atoms with E-state index in [1.54, 1.807) is 0 Å². The summed E-state index contributed by atoms with van der Waals surface area (Å²) in [5.41, 5.74) is 6.76. The molecule has 0 aromatic rings. The van der Waals surface area contributed by atoms with Crippen LogP contribution in [0.2, 0.25) is 0 Å². The van der Waals surface area contributed by atoms with Crippen molar-refractivity contribution in [3.8, 4) is 0 Å². The zero-order valence-corrected chi connectivity index (χ0v) is 8.38. The molecule has 1 rings (SSSR count). The molecule has 1 aliphatic carbocycles. The Hall–Kier alpha value is -0.630. The minimum atomic E-state index is 0.0512. The minimum absolute atomic E-state index is 0.0512. The molecule has 1 atom stereocenters.